The summed E-state index contributed by atoms with van der Waals surface area (Å²) in [5.74, 6) is -0.217. The van der Waals surface area contributed by atoms with Crippen LogP contribution in [0.3, 0.4) is 0 Å². The van der Waals surface area contributed by atoms with E-state index < -0.39 is 0 Å². The fourth-order valence-corrected chi connectivity index (χ4v) is 2.14. The Hall–Kier alpha value is -0.650. The third-order valence-corrected chi connectivity index (χ3v) is 3.44. The van der Waals surface area contributed by atoms with Crippen LogP contribution in [0, 0.1) is 0 Å². The molecule has 1 fully saturated rings. The second kappa shape index (κ2) is 7.82. The van der Waals surface area contributed by atoms with Gasteiger partial charge >= 0.3 is 5.97 Å². The molecule has 0 aromatic rings. The van der Waals surface area contributed by atoms with Gasteiger partial charge in [-0.3, -0.25) is 4.79 Å². The quantitative estimate of drug-likeness (QED) is 0.679. The molecule has 5 heteroatoms. The van der Waals surface area contributed by atoms with E-state index in [9.17, 15) is 4.79 Å². The van der Waals surface area contributed by atoms with E-state index in [1.165, 1.54) is 0 Å². The van der Waals surface area contributed by atoms with Crippen molar-refractivity contribution in [3.63, 3.8) is 0 Å². The monoisotopic (exact) mass is 273 g/mol. The zero-order chi connectivity index (χ0) is 14.3. The first kappa shape index (κ1) is 16.4. The summed E-state index contributed by atoms with van der Waals surface area (Å²) in [5.41, 5.74) is -0.360. The van der Waals surface area contributed by atoms with Crippen LogP contribution in [0.2, 0.25) is 0 Å². The lowest BCUT2D eigenvalue weighted by molar-refractivity contribution is -0.147. The molecule has 0 aromatic carbocycles. The molecule has 0 radical (unpaired) electrons. The van der Waals surface area contributed by atoms with Crippen molar-refractivity contribution in [2.45, 2.75) is 57.8 Å². The molecule has 2 atom stereocenters. The van der Waals surface area contributed by atoms with Crippen molar-refractivity contribution < 1.29 is 19.0 Å². The van der Waals surface area contributed by atoms with Gasteiger partial charge in [-0.25, -0.2) is 0 Å². The molecule has 2 unspecified atom stereocenters. The van der Waals surface area contributed by atoms with Crippen molar-refractivity contribution in [3.8, 4) is 0 Å². The van der Waals surface area contributed by atoms with Crippen molar-refractivity contribution in [1.82, 2.24) is 5.32 Å². The maximum atomic E-state index is 12.0. The van der Waals surface area contributed by atoms with E-state index in [4.69, 9.17) is 14.2 Å². The Morgan fingerprint density at radius 1 is 1.53 bits per heavy atom. The van der Waals surface area contributed by atoms with E-state index in [2.05, 4.69) is 5.32 Å². The third kappa shape index (κ3) is 5.89. The molecule has 19 heavy (non-hydrogen) atoms. The number of methoxy groups -OCH3 is 1. The minimum absolute atomic E-state index is 0.211. The molecule has 1 N–H and O–H groups in total. The van der Waals surface area contributed by atoms with E-state index in [1.54, 1.807) is 7.11 Å². The van der Waals surface area contributed by atoms with E-state index in [0.717, 1.165) is 19.4 Å². The molecule has 0 saturated carbocycles. The SMILES string of the molecule is CCOC(=O)C(CC(C)(C)OC)NCC1CCCO1. The number of rotatable bonds is 8. The molecule has 1 saturated heterocycles. The zero-order valence-corrected chi connectivity index (χ0v) is 12.5. The van der Waals surface area contributed by atoms with Crippen LogP contribution < -0.4 is 5.32 Å². The van der Waals surface area contributed by atoms with Crippen molar-refractivity contribution in [2.75, 3.05) is 26.9 Å². The Labute approximate surface area is 116 Å². The first-order valence-electron chi connectivity index (χ1n) is 7.05. The Morgan fingerprint density at radius 3 is 2.79 bits per heavy atom. The minimum Gasteiger partial charge on any atom is -0.465 e. The number of carbonyl (C=O) groups excluding carboxylic acids is 1. The van der Waals surface area contributed by atoms with Crippen LogP contribution in [0.15, 0.2) is 0 Å². The van der Waals surface area contributed by atoms with Crippen molar-refractivity contribution in [3.05, 3.63) is 0 Å². The summed E-state index contributed by atoms with van der Waals surface area (Å²) in [7, 11) is 1.66. The Morgan fingerprint density at radius 2 is 2.26 bits per heavy atom. The number of hydrogen-bond acceptors (Lipinski definition) is 5. The van der Waals surface area contributed by atoms with Crippen LogP contribution in [0.5, 0.6) is 0 Å². The number of nitrogens with one attached hydrogen (secondary N) is 1. The normalized spacial score (nSPS) is 21.4. The van der Waals surface area contributed by atoms with Crippen LogP contribution in [0.1, 0.15) is 40.0 Å². The highest BCUT2D eigenvalue weighted by Crippen LogP contribution is 2.17. The van der Waals surface area contributed by atoms with Crippen LogP contribution in [0.25, 0.3) is 0 Å². The maximum Gasteiger partial charge on any atom is 0.323 e. The van der Waals surface area contributed by atoms with Gasteiger partial charge in [0.25, 0.3) is 0 Å². The molecule has 0 aromatic heterocycles. The molecule has 0 amide bonds. The van der Waals surface area contributed by atoms with Gasteiger partial charge in [0.05, 0.1) is 18.3 Å². The summed E-state index contributed by atoms with van der Waals surface area (Å²) in [6.07, 6.45) is 2.94. The Bertz CT molecular complexity index is 275. The second-order valence-electron chi connectivity index (χ2n) is 5.52. The summed E-state index contributed by atoms with van der Waals surface area (Å²) >= 11 is 0. The van der Waals surface area contributed by atoms with E-state index >= 15 is 0 Å². The van der Waals surface area contributed by atoms with Crippen molar-refractivity contribution >= 4 is 5.97 Å². The van der Waals surface area contributed by atoms with Gasteiger partial charge in [0.1, 0.15) is 6.04 Å². The highest BCUT2D eigenvalue weighted by molar-refractivity contribution is 5.75. The third-order valence-electron chi connectivity index (χ3n) is 3.44. The van der Waals surface area contributed by atoms with Crippen LogP contribution in [0.4, 0.5) is 0 Å². The zero-order valence-electron chi connectivity index (χ0n) is 12.5. The minimum atomic E-state index is -0.360. The smallest absolute Gasteiger partial charge is 0.323 e. The van der Waals surface area contributed by atoms with Gasteiger partial charge < -0.3 is 19.5 Å². The predicted molar refractivity (Wildman–Crippen MR) is 73.1 cm³/mol. The molecular weight excluding hydrogens is 246 g/mol. The molecule has 1 aliphatic rings. The van der Waals surface area contributed by atoms with Crippen molar-refractivity contribution in [1.29, 1.82) is 0 Å². The van der Waals surface area contributed by atoms with E-state index in [-0.39, 0.29) is 23.7 Å². The van der Waals surface area contributed by atoms with Gasteiger partial charge in [0, 0.05) is 26.7 Å². The van der Waals surface area contributed by atoms with Gasteiger partial charge in [-0.2, -0.15) is 0 Å². The van der Waals surface area contributed by atoms with Crippen LogP contribution >= 0.6 is 0 Å². The van der Waals surface area contributed by atoms with E-state index in [0.29, 0.717) is 19.6 Å². The number of esters is 1. The predicted octanol–water partition coefficient (Wildman–Crippen LogP) is 1.50. The summed E-state index contributed by atoms with van der Waals surface area (Å²) < 4.78 is 16.1. The average Bonchev–Trinajstić information content (AvgIpc) is 2.87. The summed E-state index contributed by atoms with van der Waals surface area (Å²) in [6.45, 7) is 7.64. The van der Waals surface area contributed by atoms with Gasteiger partial charge in [-0.1, -0.05) is 0 Å². The van der Waals surface area contributed by atoms with Gasteiger partial charge in [0.2, 0.25) is 0 Å². The van der Waals surface area contributed by atoms with Gasteiger partial charge in [-0.15, -0.1) is 0 Å². The average molecular weight is 273 g/mol. The van der Waals surface area contributed by atoms with Crippen LogP contribution in [-0.4, -0.2) is 50.6 Å². The van der Waals surface area contributed by atoms with Crippen LogP contribution in [-0.2, 0) is 19.0 Å². The van der Waals surface area contributed by atoms with Crippen molar-refractivity contribution in [2.24, 2.45) is 0 Å². The Balaban J connectivity index is 2.50. The fourth-order valence-electron chi connectivity index (χ4n) is 2.14. The highest BCUT2D eigenvalue weighted by Gasteiger charge is 2.29. The molecule has 5 nitrogen and oxygen atoms in total. The summed E-state index contributed by atoms with van der Waals surface area (Å²) in [5, 5.41) is 3.26. The molecule has 1 rings (SSSR count). The first-order chi connectivity index (χ1) is 8.98. The molecule has 0 aliphatic carbocycles. The lowest BCUT2D eigenvalue weighted by Crippen LogP contribution is -2.46. The second-order valence-corrected chi connectivity index (χ2v) is 5.52. The first-order valence-corrected chi connectivity index (χ1v) is 7.05. The largest absolute Gasteiger partial charge is 0.465 e. The molecular formula is C14H27NO4. The van der Waals surface area contributed by atoms with E-state index in [1.807, 2.05) is 20.8 Å². The molecule has 1 heterocycles. The molecule has 1 aliphatic heterocycles. The molecule has 112 valence electrons. The standard InChI is InChI=1S/C14H27NO4/c1-5-18-13(16)12(9-14(2,3)17-4)15-10-11-7-6-8-19-11/h11-12,15H,5-10H2,1-4H3. The molecule has 0 spiro atoms. The number of ether oxygens (including phenoxy) is 3. The van der Waals surface area contributed by atoms with Gasteiger partial charge in [-0.05, 0) is 33.6 Å². The summed E-state index contributed by atoms with van der Waals surface area (Å²) in [6, 6.07) is -0.348. The lowest BCUT2D eigenvalue weighted by atomic mass is 9.98. The Kier molecular flexibility index (Phi) is 6.75. The van der Waals surface area contributed by atoms with Gasteiger partial charge in [0.15, 0.2) is 0 Å². The molecule has 0 bridgehead atoms. The number of carbonyl (C=O) groups is 1. The highest BCUT2D eigenvalue weighted by atomic mass is 16.5. The maximum absolute atomic E-state index is 12.0. The number of hydrogen-bond donors (Lipinski definition) is 1. The fraction of sp³-hybridized carbons (Fsp3) is 0.929. The topological polar surface area (TPSA) is 56.8 Å². The lowest BCUT2D eigenvalue weighted by Gasteiger charge is -2.28. The summed E-state index contributed by atoms with van der Waals surface area (Å²) in [4.78, 5) is 12.0.